The summed E-state index contributed by atoms with van der Waals surface area (Å²) in [6, 6.07) is 11.6. The lowest BCUT2D eigenvalue weighted by atomic mass is 10.1. The molecule has 26 heavy (non-hydrogen) atoms. The van der Waals surface area contributed by atoms with Crippen LogP contribution in [-0.4, -0.2) is 22.4 Å². The number of halogens is 2. The molecule has 0 saturated carbocycles. The highest BCUT2D eigenvalue weighted by atomic mass is 127. The van der Waals surface area contributed by atoms with E-state index in [2.05, 4.69) is 48.4 Å². The van der Waals surface area contributed by atoms with Gasteiger partial charge in [-0.1, -0.05) is 11.6 Å². The van der Waals surface area contributed by atoms with Gasteiger partial charge in [-0.05, 0) is 68.3 Å². The van der Waals surface area contributed by atoms with Crippen molar-refractivity contribution >= 4 is 22.6 Å². The third-order valence-corrected chi connectivity index (χ3v) is 4.74. The third-order valence-electron chi connectivity index (χ3n) is 4.49. The van der Waals surface area contributed by atoms with Crippen LogP contribution in [0.2, 0.25) is 5.02 Å². The number of imidazole rings is 1. The van der Waals surface area contributed by atoms with Gasteiger partial charge in [-0.15, -0.1) is 0 Å². The molecule has 0 aliphatic rings. The van der Waals surface area contributed by atoms with E-state index in [4.69, 9.17) is 16.3 Å². The number of aliphatic hydroxyl groups is 1. The second-order valence-corrected chi connectivity index (χ2v) is 6.83. The Morgan fingerprint density at radius 1 is 1.15 bits per heavy atom. The maximum atomic E-state index is 10.4. The van der Waals surface area contributed by atoms with Crippen molar-refractivity contribution in [2.45, 2.75) is 40.0 Å². The van der Waals surface area contributed by atoms with E-state index in [0.717, 1.165) is 12.1 Å². The summed E-state index contributed by atoms with van der Waals surface area (Å²) in [7, 11) is 0. The van der Waals surface area contributed by atoms with E-state index in [9.17, 15) is 5.11 Å². The summed E-state index contributed by atoms with van der Waals surface area (Å²) < 4.78 is 9.96. The minimum Gasteiger partial charge on any atom is -1.00 e. The first kappa shape index (κ1) is 21.0. The zero-order valence-corrected chi connectivity index (χ0v) is 18.2. The van der Waals surface area contributed by atoms with Crippen LogP contribution in [0.1, 0.15) is 18.1 Å². The molecule has 3 aromatic rings. The number of hydrogen-bond acceptors (Lipinski definition) is 2. The van der Waals surface area contributed by atoms with Crippen molar-refractivity contribution in [3.63, 3.8) is 0 Å². The normalized spacial score (nSPS) is 12.0. The van der Waals surface area contributed by atoms with Crippen molar-refractivity contribution in [2.24, 2.45) is 0 Å². The molecule has 1 aromatic heterocycles. The SMILES string of the molecule is CCn1c[n+](CC(O)COc2ccc(Cl)cc2)c2cc(C)c(C)cc21.[I-]. The van der Waals surface area contributed by atoms with Gasteiger partial charge in [-0.3, -0.25) is 0 Å². The summed E-state index contributed by atoms with van der Waals surface area (Å²) >= 11 is 5.87. The van der Waals surface area contributed by atoms with Gasteiger partial charge in [-0.25, -0.2) is 9.13 Å². The summed E-state index contributed by atoms with van der Waals surface area (Å²) in [5, 5.41) is 11.1. The monoisotopic (exact) mass is 486 g/mol. The first-order valence-corrected chi connectivity index (χ1v) is 8.91. The minimum atomic E-state index is -0.599. The number of aliphatic hydroxyl groups excluding tert-OH is 1. The van der Waals surface area contributed by atoms with Crippen LogP contribution in [0.15, 0.2) is 42.7 Å². The molecular formula is C20H24ClIN2O2. The zero-order chi connectivity index (χ0) is 18.0. The summed E-state index contributed by atoms with van der Waals surface area (Å²) in [6.07, 6.45) is 1.47. The fraction of sp³-hybridized carbons (Fsp3) is 0.350. The highest BCUT2D eigenvalue weighted by molar-refractivity contribution is 6.30. The smallest absolute Gasteiger partial charge is 0.244 e. The number of benzene rings is 2. The summed E-state index contributed by atoms with van der Waals surface area (Å²) in [5.41, 5.74) is 4.85. The fourth-order valence-electron chi connectivity index (χ4n) is 2.94. The molecule has 1 unspecified atom stereocenters. The number of nitrogens with zero attached hydrogens (tertiary/aromatic N) is 2. The van der Waals surface area contributed by atoms with Gasteiger partial charge in [0.25, 0.3) is 0 Å². The number of fused-ring (bicyclic) bond motifs is 1. The second-order valence-electron chi connectivity index (χ2n) is 6.40. The number of rotatable bonds is 6. The van der Waals surface area contributed by atoms with Gasteiger partial charge in [0.05, 0.1) is 6.54 Å². The predicted octanol–water partition coefficient (Wildman–Crippen LogP) is 0.663. The number of ether oxygens (including phenoxy) is 1. The van der Waals surface area contributed by atoms with Crippen LogP contribution in [0, 0.1) is 13.8 Å². The molecule has 0 bridgehead atoms. The molecule has 140 valence electrons. The van der Waals surface area contributed by atoms with Gasteiger partial charge in [0.2, 0.25) is 6.33 Å². The molecule has 2 aromatic carbocycles. The Kier molecular flexibility index (Phi) is 7.32. The Hall–Kier alpha value is -1.31. The largest absolute Gasteiger partial charge is 1.00 e. The molecule has 0 fully saturated rings. The van der Waals surface area contributed by atoms with Crippen LogP contribution in [0.3, 0.4) is 0 Å². The lowest BCUT2D eigenvalue weighted by molar-refractivity contribution is -0.679. The first-order valence-electron chi connectivity index (χ1n) is 8.54. The van der Waals surface area contributed by atoms with Crippen LogP contribution in [-0.2, 0) is 13.1 Å². The van der Waals surface area contributed by atoms with E-state index in [1.807, 2.05) is 0 Å². The molecule has 3 rings (SSSR count). The Labute approximate surface area is 176 Å². The second kappa shape index (κ2) is 9.06. The molecular weight excluding hydrogens is 463 g/mol. The zero-order valence-electron chi connectivity index (χ0n) is 15.2. The first-order chi connectivity index (χ1) is 12.0. The van der Waals surface area contributed by atoms with Gasteiger partial charge >= 0.3 is 0 Å². The van der Waals surface area contributed by atoms with Gasteiger partial charge in [-0.2, -0.15) is 0 Å². The van der Waals surface area contributed by atoms with E-state index in [1.54, 1.807) is 24.3 Å². The highest BCUT2D eigenvalue weighted by Crippen LogP contribution is 2.18. The van der Waals surface area contributed by atoms with Gasteiger partial charge in [0.1, 0.15) is 25.0 Å². The van der Waals surface area contributed by atoms with Crippen molar-refractivity contribution in [2.75, 3.05) is 6.61 Å². The Balaban J connectivity index is 0.00000243. The van der Waals surface area contributed by atoms with Crippen LogP contribution in [0.4, 0.5) is 0 Å². The number of hydrogen-bond donors (Lipinski definition) is 1. The van der Waals surface area contributed by atoms with Crippen molar-refractivity contribution in [3.8, 4) is 5.75 Å². The van der Waals surface area contributed by atoms with E-state index in [-0.39, 0.29) is 30.6 Å². The molecule has 6 heteroatoms. The highest BCUT2D eigenvalue weighted by Gasteiger charge is 2.19. The molecule has 0 radical (unpaired) electrons. The third kappa shape index (κ3) is 4.69. The summed E-state index contributed by atoms with van der Waals surface area (Å²) in [6.45, 7) is 7.98. The lowest BCUT2D eigenvalue weighted by Crippen LogP contribution is -3.00. The molecule has 0 spiro atoms. The number of aromatic nitrogens is 2. The molecule has 1 N–H and O–H groups in total. The molecule has 0 aliphatic carbocycles. The molecule has 0 amide bonds. The average molecular weight is 487 g/mol. The standard InChI is InChI=1S/C20H24ClN2O2.HI/c1-4-22-13-23(20-10-15(3)14(2)9-19(20)22)11-17(24)12-25-18-7-5-16(21)6-8-18;/h5-10,13,17,24H,4,11-12H2,1-3H3;1H/q+1;/p-1. The Bertz CT molecular complexity index is 878. The van der Waals surface area contributed by atoms with Crippen molar-refractivity contribution in [1.29, 1.82) is 0 Å². The molecule has 1 heterocycles. The van der Waals surface area contributed by atoms with Crippen molar-refractivity contribution < 1.29 is 38.4 Å². The quantitative estimate of drug-likeness (QED) is 0.411. The Morgan fingerprint density at radius 3 is 2.46 bits per heavy atom. The number of aryl methyl sites for hydroxylation is 3. The minimum absolute atomic E-state index is 0. The topological polar surface area (TPSA) is 38.3 Å². The van der Waals surface area contributed by atoms with E-state index < -0.39 is 6.10 Å². The molecule has 1 atom stereocenters. The van der Waals surface area contributed by atoms with E-state index in [1.165, 1.54) is 16.6 Å². The van der Waals surface area contributed by atoms with Crippen molar-refractivity contribution in [1.82, 2.24) is 4.57 Å². The molecule has 0 saturated heterocycles. The van der Waals surface area contributed by atoms with Crippen LogP contribution in [0.25, 0.3) is 11.0 Å². The van der Waals surface area contributed by atoms with Gasteiger partial charge in [0.15, 0.2) is 11.0 Å². The summed E-state index contributed by atoms with van der Waals surface area (Å²) in [5.74, 6) is 0.705. The molecule has 4 nitrogen and oxygen atoms in total. The molecule has 0 aliphatic heterocycles. The van der Waals surface area contributed by atoms with Crippen molar-refractivity contribution in [3.05, 3.63) is 58.9 Å². The maximum Gasteiger partial charge on any atom is 0.244 e. The van der Waals surface area contributed by atoms with Gasteiger partial charge < -0.3 is 33.8 Å². The van der Waals surface area contributed by atoms with E-state index in [0.29, 0.717) is 17.3 Å². The van der Waals surface area contributed by atoms with Crippen LogP contribution < -0.4 is 33.3 Å². The average Bonchev–Trinajstić information content (AvgIpc) is 2.91. The summed E-state index contributed by atoms with van der Waals surface area (Å²) in [4.78, 5) is 0. The van der Waals surface area contributed by atoms with Crippen LogP contribution in [0.5, 0.6) is 5.75 Å². The predicted molar refractivity (Wildman–Crippen MR) is 100 cm³/mol. The van der Waals surface area contributed by atoms with E-state index >= 15 is 0 Å². The Morgan fingerprint density at radius 2 is 1.81 bits per heavy atom. The van der Waals surface area contributed by atoms with Crippen LogP contribution >= 0.6 is 11.6 Å². The van der Waals surface area contributed by atoms with Gasteiger partial charge in [0, 0.05) is 5.02 Å². The lowest BCUT2D eigenvalue weighted by Gasteiger charge is -2.11. The maximum absolute atomic E-state index is 10.4. The fourth-order valence-corrected chi connectivity index (χ4v) is 3.06.